The zero-order chi connectivity index (χ0) is 16.8. The molecule has 0 spiro atoms. The minimum absolute atomic E-state index is 0.174. The number of anilines is 1. The molecule has 2 aromatic rings. The SMILES string of the molecule is CCCNC(=O)c1cccc(NC(=O)c2ccc(Cl)cc2Cl)c1. The Morgan fingerprint density at radius 2 is 1.83 bits per heavy atom. The van der Waals surface area contributed by atoms with Gasteiger partial charge >= 0.3 is 0 Å². The van der Waals surface area contributed by atoms with Crippen LogP contribution >= 0.6 is 23.2 Å². The van der Waals surface area contributed by atoms with Gasteiger partial charge in [-0.3, -0.25) is 9.59 Å². The number of halogens is 2. The summed E-state index contributed by atoms with van der Waals surface area (Å²) in [7, 11) is 0. The molecule has 2 amide bonds. The van der Waals surface area contributed by atoms with Crippen molar-refractivity contribution in [2.75, 3.05) is 11.9 Å². The molecule has 0 fully saturated rings. The first-order chi connectivity index (χ1) is 11.0. The first kappa shape index (κ1) is 17.3. The molecule has 0 aliphatic heterocycles. The van der Waals surface area contributed by atoms with Gasteiger partial charge in [0.05, 0.1) is 10.6 Å². The first-order valence-corrected chi connectivity index (χ1v) is 7.91. The molecular weight excluding hydrogens is 335 g/mol. The largest absolute Gasteiger partial charge is 0.352 e. The monoisotopic (exact) mass is 350 g/mol. The van der Waals surface area contributed by atoms with Crippen LogP contribution < -0.4 is 10.6 Å². The number of carbonyl (C=O) groups excluding carboxylic acids is 2. The maximum absolute atomic E-state index is 12.3. The summed E-state index contributed by atoms with van der Waals surface area (Å²) in [5.74, 6) is -0.537. The molecule has 120 valence electrons. The van der Waals surface area contributed by atoms with Crippen LogP contribution in [-0.4, -0.2) is 18.4 Å². The second-order valence-corrected chi connectivity index (χ2v) is 5.76. The molecule has 0 atom stereocenters. The highest BCUT2D eigenvalue weighted by atomic mass is 35.5. The quantitative estimate of drug-likeness (QED) is 0.840. The highest BCUT2D eigenvalue weighted by Gasteiger charge is 2.12. The Kier molecular flexibility index (Phi) is 6.02. The first-order valence-electron chi connectivity index (χ1n) is 7.16. The molecule has 0 radical (unpaired) electrons. The van der Waals surface area contributed by atoms with E-state index in [0.717, 1.165) is 6.42 Å². The lowest BCUT2D eigenvalue weighted by Gasteiger charge is -2.09. The van der Waals surface area contributed by atoms with E-state index in [2.05, 4.69) is 10.6 Å². The number of benzene rings is 2. The Hall–Kier alpha value is -2.04. The molecule has 2 aromatic carbocycles. The van der Waals surface area contributed by atoms with Crippen LogP contribution in [0.1, 0.15) is 34.1 Å². The van der Waals surface area contributed by atoms with Gasteiger partial charge in [-0.1, -0.05) is 36.2 Å². The lowest BCUT2D eigenvalue weighted by molar-refractivity contribution is 0.0952. The van der Waals surface area contributed by atoms with Gasteiger partial charge in [0.1, 0.15) is 0 Å². The standard InChI is InChI=1S/C17H16Cl2N2O2/c1-2-8-20-16(22)11-4-3-5-13(9-11)21-17(23)14-7-6-12(18)10-15(14)19/h3-7,9-10H,2,8H2,1H3,(H,20,22)(H,21,23). The summed E-state index contributed by atoms with van der Waals surface area (Å²) < 4.78 is 0. The molecule has 0 bridgehead atoms. The minimum atomic E-state index is -0.363. The molecule has 0 aromatic heterocycles. The zero-order valence-corrected chi connectivity index (χ0v) is 14.0. The van der Waals surface area contributed by atoms with Crippen LogP contribution in [0.5, 0.6) is 0 Å². The predicted octanol–water partition coefficient (Wildman–Crippen LogP) is 4.39. The molecule has 4 nitrogen and oxygen atoms in total. The molecule has 23 heavy (non-hydrogen) atoms. The second-order valence-electron chi connectivity index (χ2n) is 4.91. The van der Waals surface area contributed by atoms with Crippen molar-refractivity contribution in [3.63, 3.8) is 0 Å². The Morgan fingerprint density at radius 3 is 2.52 bits per heavy atom. The van der Waals surface area contributed by atoms with Crippen LogP contribution in [0.4, 0.5) is 5.69 Å². The molecule has 0 unspecified atom stereocenters. The van der Waals surface area contributed by atoms with Gasteiger partial charge in [-0.15, -0.1) is 0 Å². The Balaban J connectivity index is 2.13. The van der Waals surface area contributed by atoms with Gasteiger partial charge in [-0.2, -0.15) is 0 Å². The van der Waals surface area contributed by atoms with Gasteiger partial charge in [0.15, 0.2) is 0 Å². The molecule has 0 saturated heterocycles. The molecule has 0 aliphatic carbocycles. The van der Waals surface area contributed by atoms with Crippen molar-refractivity contribution in [3.05, 3.63) is 63.6 Å². The third-order valence-electron chi connectivity index (χ3n) is 3.09. The number of carbonyl (C=O) groups is 2. The average Bonchev–Trinajstić information content (AvgIpc) is 2.52. The number of amides is 2. The second kappa shape index (κ2) is 7.99. The van der Waals surface area contributed by atoms with Crippen LogP contribution in [0.25, 0.3) is 0 Å². The number of hydrogen-bond acceptors (Lipinski definition) is 2. The smallest absolute Gasteiger partial charge is 0.257 e. The fourth-order valence-electron chi connectivity index (χ4n) is 1.95. The fourth-order valence-corrected chi connectivity index (χ4v) is 2.45. The van der Waals surface area contributed by atoms with Crippen LogP contribution in [0, 0.1) is 0 Å². The van der Waals surface area contributed by atoms with E-state index >= 15 is 0 Å². The normalized spacial score (nSPS) is 10.2. The molecule has 2 N–H and O–H groups in total. The van der Waals surface area contributed by atoms with Gasteiger partial charge in [0, 0.05) is 22.8 Å². The van der Waals surface area contributed by atoms with Crippen molar-refractivity contribution in [1.29, 1.82) is 0 Å². The summed E-state index contributed by atoms with van der Waals surface area (Å²) in [4.78, 5) is 24.2. The van der Waals surface area contributed by atoms with Crippen molar-refractivity contribution in [1.82, 2.24) is 5.32 Å². The van der Waals surface area contributed by atoms with Gasteiger partial charge < -0.3 is 10.6 Å². The Labute approximate surface area is 144 Å². The van der Waals surface area contributed by atoms with Crippen molar-refractivity contribution in [3.8, 4) is 0 Å². The molecule has 0 heterocycles. The lowest BCUT2D eigenvalue weighted by Crippen LogP contribution is -2.24. The highest BCUT2D eigenvalue weighted by molar-refractivity contribution is 6.37. The lowest BCUT2D eigenvalue weighted by atomic mass is 10.1. The maximum Gasteiger partial charge on any atom is 0.257 e. The van der Waals surface area contributed by atoms with Gasteiger partial charge in [-0.05, 0) is 42.8 Å². The average molecular weight is 351 g/mol. The van der Waals surface area contributed by atoms with E-state index in [0.29, 0.717) is 28.4 Å². The van der Waals surface area contributed by atoms with E-state index in [1.807, 2.05) is 6.92 Å². The van der Waals surface area contributed by atoms with E-state index in [-0.39, 0.29) is 16.8 Å². The van der Waals surface area contributed by atoms with Crippen LogP contribution in [-0.2, 0) is 0 Å². The van der Waals surface area contributed by atoms with E-state index < -0.39 is 0 Å². The van der Waals surface area contributed by atoms with E-state index in [9.17, 15) is 9.59 Å². The molecule has 0 saturated carbocycles. The third-order valence-corrected chi connectivity index (χ3v) is 3.64. The van der Waals surface area contributed by atoms with Crippen molar-refractivity contribution in [2.45, 2.75) is 13.3 Å². The summed E-state index contributed by atoms with van der Waals surface area (Å²) >= 11 is 11.8. The summed E-state index contributed by atoms with van der Waals surface area (Å²) in [5, 5.41) is 6.24. The fraction of sp³-hybridized carbons (Fsp3) is 0.176. The summed E-state index contributed by atoms with van der Waals surface area (Å²) in [6, 6.07) is 11.4. The molecule has 0 aliphatic rings. The van der Waals surface area contributed by atoms with Gasteiger partial charge in [0.2, 0.25) is 0 Å². The van der Waals surface area contributed by atoms with Crippen LogP contribution in [0.2, 0.25) is 10.0 Å². The van der Waals surface area contributed by atoms with Crippen molar-refractivity contribution >= 4 is 40.7 Å². The summed E-state index contributed by atoms with van der Waals surface area (Å²) in [5.41, 5.74) is 1.32. The highest BCUT2D eigenvalue weighted by Crippen LogP contribution is 2.22. The van der Waals surface area contributed by atoms with Crippen LogP contribution in [0.3, 0.4) is 0 Å². The van der Waals surface area contributed by atoms with Crippen LogP contribution in [0.15, 0.2) is 42.5 Å². The molecular formula is C17H16Cl2N2O2. The van der Waals surface area contributed by atoms with E-state index in [4.69, 9.17) is 23.2 Å². The predicted molar refractivity (Wildman–Crippen MR) is 93.5 cm³/mol. The van der Waals surface area contributed by atoms with Crippen molar-refractivity contribution < 1.29 is 9.59 Å². The van der Waals surface area contributed by atoms with Gasteiger partial charge in [-0.25, -0.2) is 0 Å². The summed E-state index contributed by atoms with van der Waals surface area (Å²) in [6.45, 7) is 2.59. The third kappa shape index (κ3) is 4.71. The zero-order valence-electron chi connectivity index (χ0n) is 12.5. The molecule has 6 heteroatoms. The number of nitrogens with one attached hydrogen (secondary N) is 2. The summed E-state index contributed by atoms with van der Waals surface area (Å²) in [6.07, 6.45) is 0.858. The van der Waals surface area contributed by atoms with E-state index in [1.54, 1.807) is 36.4 Å². The number of hydrogen-bond donors (Lipinski definition) is 2. The maximum atomic E-state index is 12.3. The Bertz CT molecular complexity index is 732. The molecule has 2 rings (SSSR count). The van der Waals surface area contributed by atoms with Crippen molar-refractivity contribution in [2.24, 2.45) is 0 Å². The Morgan fingerprint density at radius 1 is 1.04 bits per heavy atom. The number of rotatable bonds is 5. The van der Waals surface area contributed by atoms with Gasteiger partial charge in [0.25, 0.3) is 11.8 Å². The minimum Gasteiger partial charge on any atom is -0.352 e. The topological polar surface area (TPSA) is 58.2 Å². The van der Waals surface area contributed by atoms with E-state index in [1.165, 1.54) is 6.07 Å².